The lowest BCUT2D eigenvalue weighted by molar-refractivity contribution is 0.198. The van der Waals surface area contributed by atoms with Crippen LogP contribution in [0.25, 0.3) is 22.2 Å². The molecule has 0 fully saturated rings. The van der Waals surface area contributed by atoms with E-state index in [1.807, 2.05) is 0 Å². The van der Waals surface area contributed by atoms with Gasteiger partial charge in [-0.05, 0) is 24.3 Å². The smallest absolute Gasteiger partial charge is 0.416 e. The molecular formula is C14H9ClN2O3. The summed E-state index contributed by atoms with van der Waals surface area (Å²) in [5, 5.41) is 20.1. The van der Waals surface area contributed by atoms with Gasteiger partial charge in [0, 0.05) is 22.2 Å². The first kappa shape index (κ1) is 12.5. The Bertz CT molecular complexity index is 826. The minimum Gasteiger partial charge on any atom is -0.506 e. The summed E-state index contributed by atoms with van der Waals surface area (Å²) in [6.45, 7) is 0. The zero-order chi connectivity index (χ0) is 14.3. The highest BCUT2D eigenvalue weighted by Crippen LogP contribution is 2.30. The number of pyridine rings is 1. The molecule has 2 heterocycles. The number of aromatic hydroxyl groups is 1. The van der Waals surface area contributed by atoms with Crippen LogP contribution in [-0.4, -0.2) is 25.9 Å². The summed E-state index contributed by atoms with van der Waals surface area (Å²) in [7, 11) is 0. The van der Waals surface area contributed by atoms with Crippen LogP contribution in [0.1, 0.15) is 0 Å². The van der Waals surface area contributed by atoms with Gasteiger partial charge in [0.1, 0.15) is 5.75 Å². The predicted octanol–water partition coefficient (Wildman–Crippen LogP) is 3.59. The Labute approximate surface area is 118 Å². The number of aromatic nitrogens is 2. The molecule has 1 aromatic carbocycles. The molecule has 0 bridgehead atoms. The quantitative estimate of drug-likeness (QED) is 0.717. The highest BCUT2D eigenvalue weighted by molar-refractivity contribution is 6.31. The Morgan fingerprint density at radius 2 is 2.00 bits per heavy atom. The highest BCUT2D eigenvalue weighted by atomic mass is 35.5. The second kappa shape index (κ2) is 4.54. The summed E-state index contributed by atoms with van der Waals surface area (Å²) in [4.78, 5) is 15.4. The van der Waals surface area contributed by atoms with Crippen molar-refractivity contribution >= 4 is 28.6 Å². The molecule has 5 nitrogen and oxygen atoms in total. The molecule has 6 heteroatoms. The summed E-state index contributed by atoms with van der Waals surface area (Å²) in [6.07, 6.45) is 1.66. The van der Waals surface area contributed by atoms with E-state index < -0.39 is 6.09 Å². The standard InChI is InChI=1S/C14H9ClN2O3/c15-10-2-1-8-4-12(9-3-11(18)7-16-6-9)17(14(19)20)13(8)5-10/h1-7,18H,(H,19,20). The summed E-state index contributed by atoms with van der Waals surface area (Å²) in [5.74, 6) is -0.0253. The topological polar surface area (TPSA) is 75.3 Å². The van der Waals surface area contributed by atoms with Crippen molar-refractivity contribution in [3.8, 4) is 17.0 Å². The SMILES string of the molecule is O=C(O)n1c(-c2cncc(O)c2)cc2ccc(Cl)cc21. The summed E-state index contributed by atoms with van der Waals surface area (Å²) in [6, 6.07) is 8.21. The van der Waals surface area contributed by atoms with Gasteiger partial charge in [-0.15, -0.1) is 0 Å². The van der Waals surface area contributed by atoms with Gasteiger partial charge >= 0.3 is 6.09 Å². The van der Waals surface area contributed by atoms with Crippen LogP contribution in [0.15, 0.2) is 42.7 Å². The lowest BCUT2D eigenvalue weighted by Crippen LogP contribution is -2.09. The van der Waals surface area contributed by atoms with E-state index in [9.17, 15) is 15.0 Å². The number of carboxylic acid groups (broad SMARTS) is 1. The fraction of sp³-hybridized carbons (Fsp3) is 0. The molecule has 0 amide bonds. The van der Waals surface area contributed by atoms with Crippen molar-refractivity contribution in [2.24, 2.45) is 0 Å². The number of benzene rings is 1. The molecule has 0 saturated heterocycles. The van der Waals surface area contributed by atoms with Crippen molar-refractivity contribution < 1.29 is 15.0 Å². The maximum atomic E-state index is 11.5. The van der Waals surface area contributed by atoms with Crippen LogP contribution in [0.5, 0.6) is 5.75 Å². The zero-order valence-corrected chi connectivity index (χ0v) is 10.9. The van der Waals surface area contributed by atoms with Gasteiger partial charge in [0.15, 0.2) is 0 Å². The molecule has 0 spiro atoms. The van der Waals surface area contributed by atoms with Crippen LogP contribution in [0.2, 0.25) is 5.02 Å². The number of hydrogen-bond donors (Lipinski definition) is 2. The fourth-order valence-electron chi connectivity index (χ4n) is 2.16. The summed E-state index contributed by atoms with van der Waals surface area (Å²) in [5.41, 5.74) is 1.43. The summed E-state index contributed by atoms with van der Waals surface area (Å²) < 4.78 is 1.12. The van der Waals surface area contributed by atoms with Crippen LogP contribution in [0.3, 0.4) is 0 Å². The molecule has 0 aliphatic carbocycles. The van der Waals surface area contributed by atoms with Crippen molar-refractivity contribution in [2.45, 2.75) is 0 Å². The molecule has 2 aromatic heterocycles. The zero-order valence-electron chi connectivity index (χ0n) is 10.1. The second-order valence-corrected chi connectivity index (χ2v) is 4.72. The molecule has 0 radical (unpaired) electrons. The van der Waals surface area contributed by atoms with Crippen molar-refractivity contribution in [1.29, 1.82) is 0 Å². The summed E-state index contributed by atoms with van der Waals surface area (Å²) >= 11 is 5.92. The minimum absolute atomic E-state index is 0.0253. The number of halogens is 1. The van der Waals surface area contributed by atoms with Gasteiger partial charge in [-0.25, -0.2) is 9.36 Å². The van der Waals surface area contributed by atoms with E-state index in [0.29, 0.717) is 21.8 Å². The average Bonchev–Trinajstić information content (AvgIpc) is 2.77. The Hall–Kier alpha value is -2.53. The fourth-order valence-corrected chi connectivity index (χ4v) is 2.33. The van der Waals surface area contributed by atoms with E-state index >= 15 is 0 Å². The second-order valence-electron chi connectivity index (χ2n) is 4.28. The first-order valence-electron chi connectivity index (χ1n) is 5.75. The number of rotatable bonds is 1. The third-order valence-corrected chi connectivity index (χ3v) is 3.21. The first-order chi connectivity index (χ1) is 9.56. The number of carbonyl (C=O) groups is 1. The number of nitrogens with zero attached hydrogens (tertiary/aromatic N) is 2. The van der Waals surface area contributed by atoms with E-state index in [-0.39, 0.29) is 5.75 Å². The van der Waals surface area contributed by atoms with Gasteiger partial charge in [0.05, 0.1) is 17.4 Å². The molecule has 20 heavy (non-hydrogen) atoms. The molecule has 0 saturated carbocycles. The van der Waals surface area contributed by atoms with Gasteiger partial charge in [-0.1, -0.05) is 17.7 Å². The van der Waals surface area contributed by atoms with Crippen molar-refractivity contribution in [3.05, 3.63) is 47.7 Å². The van der Waals surface area contributed by atoms with Gasteiger partial charge in [0.2, 0.25) is 0 Å². The molecule has 0 aliphatic rings. The minimum atomic E-state index is -1.12. The van der Waals surface area contributed by atoms with Crippen LogP contribution >= 0.6 is 11.6 Å². The van der Waals surface area contributed by atoms with Crippen LogP contribution in [0, 0.1) is 0 Å². The monoisotopic (exact) mass is 288 g/mol. The molecule has 0 atom stereocenters. The van der Waals surface area contributed by atoms with E-state index in [1.54, 1.807) is 24.3 Å². The van der Waals surface area contributed by atoms with Gasteiger partial charge in [-0.2, -0.15) is 0 Å². The third kappa shape index (κ3) is 1.98. The largest absolute Gasteiger partial charge is 0.506 e. The molecule has 0 unspecified atom stereocenters. The van der Waals surface area contributed by atoms with E-state index in [2.05, 4.69) is 4.98 Å². The predicted molar refractivity (Wildman–Crippen MR) is 75.3 cm³/mol. The van der Waals surface area contributed by atoms with E-state index in [4.69, 9.17) is 11.6 Å². The average molecular weight is 289 g/mol. The van der Waals surface area contributed by atoms with Gasteiger partial charge in [-0.3, -0.25) is 4.98 Å². The molecule has 0 aliphatic heterocycles. The Morgan fingerprint density at radius 3 is 2.70 bits per heavy atom. The lowest BCUT2D eigenvalue weighted by atomic mass is 10.2. The van der Waals surface area contributed by atoms with E-state index in [0.717, 1.165) is 9.95 Å². The first-order valence-corrected chi connectivity index (χ1v) is 6.13. The maximum absolute atomic E-state index is 11.5. The third-order valence-electron chi connectivity index (χ3n) is 2.98. The van der Waals surface area contributed by atoms with Crippen LogP contribution in [0.4, 0.5) is 4.79 Å². The maximum Gasteiger partial charge on any atom is 0.416 e. The Balaban J connectivity index is 2.35. The van der Waals surface area contributed by atoms with Crippen molar-refractivity contribution in [2.75, 3.05) is 0 Å². The van der Waals surface area contributed by atoms with Crippen LogP contribution < -0.4 is 0 Å². The van der Waals surface area contributed by atoms with Crippen molar-refractivity contribution in [3.63, 3.8) is 0 Å². The number of hydrogen-bond acceptors (Lipinski definition) is 3. The highest BCUT2D eigenvalue weighted by Gasteiger charge is 2.16. The molecule has 100 valence electrons. The molecular weight excluding hydrogens is 280 g/mol. The Kier molecular flexibility index (Phi) is 2.84. The molecule has 3 rings (SSSR count). The number of fused-ring (bicyclic) bond motifs is 1. The van der Waals surface area contributed by atoms with Gasteiger partial charge < -0.3 is 10.2 Å². The van der Waals surface area contributed by atoms with Crippen molar-refractivity contribution in [1.82, 2.24) is 9.55 Å². The normalized spacial score (nSPS) is 10.8. The van der Waals surface area contributed by atoms with E-state index in [1.165, 1.54) is 18.5 Å². The van der Waals surface area contributed by atoms with Crippen LogP contribution in [-0.2, 0) is 0 Å². The van der Waals surface area contributed by atoms with Gasteiger partial charge in [0.25, 0.3) is 0 Å². The lowest BCUT2D eigenvalue weighted by Gasteiger charge is -2.05. The molecule has 2 N–H and O–H groups in total. The Morgan fingerprint density at radius 1 is 1.20 bits per heavy atom. The molecule has 3 aromatic rings.